The van der Waals surface area contributed by atoms with Gasteiger partial charge in [-0.2, -0.15) is 0 Å². The number of rotatable bonds is 3. The predicted molar refractivity (Wildman–Crippen MR) is 88.4 cm³/mol. The molecule has 0 fully saturated rings. The van der Waals surface area contributed by atoms with Crippen LogP contribution in [-0.4, -0.2) is 23.4 Å². The molecule has 0 saturated heterocycles. The zero-order valence-corrected chi connectivity index (χ0v) is 13.9. The summed E-state index contributed by atoms with van der Waals surface area (Å²) in [6, 6.07) is 6.92. The SMILES string of the molecule is C[C@@H](NC(=O)c1cncc(Br)c1)c1ccc2c(c1)NC(=O)CO2. The van der Waals surface area contributed by atoms with Crippen molar-refractivity contribution < 1.29 is 14.3 Å². The van der Waals surface area contributed by atoms with Gasteiger partial charge in [-0.15, -0.1) is 0 Å². The summed E-state index contributed by atoms with van der Waals surface area (Å²) < 4.78 is 6.06. The first-order valence-electron chi connectivity index (χ1n) is 7.01. The minimum Gasteiger partial charge on any atom is -0.482 e. The second kappa shape index (κ2) is 6.37. The van der Waals surface area contributed by atoms with Crippen LogP contribution in [0.5, 0.6) is 5.75 Å². The number of benzene rings is 1. The fourth-order valence-corrected chi connectivity index (χ4v) is 2.63. The topological polar surface area (TPSA) is 80.3 Å². The minimum atomic E-state index is -0.231. The maximum absolute atomic E-state index is 12.3. The first-order chi connectivity index (χ1) is 11.0. The Labute approximate surface area is 141 Å². The largest absolute Gasteiger partial charge is 0.482 e. The lowest BCUT2D eigenvalue weighted by atomic mass is 10.1. The molecule has 0 saturated carbocycles. The van der Waals surface area contributed by atoms with Crippen molar-refractivity contribution >= 4 is 33.4 Å². The normalized spacial score (nSPS) is 14.3. The number of fused-ring (bicyclic) bond motifs is 1. The van der Waals surface area contributed by atoms with Gasteiger partial charge in [0.05, 0.1) is 17.3 Å². The molecule has 0 spiro atoms. The highest BCUT2D eigenvalue weighted by atomic mass is 79.9. The Kier molecular flexibility index (Phi) is 4.29. The number of nitrogens with one attached hydrogen (secondary N) is 2. The molecular formula is C16H14BrN3O3. The van der Waals surface area contributed by atoms with Crippen molar-refractivity contribution in [3.63, 3.8) is 0 Å². The van der Waals surface area contributed by atoms with E-state index in [-0.39, 0.29) is 24.5 Å². The van der Waals surface area contributed by atoms with E-state index in [9.17, 15) is 9.59 Å². The summed E-state index contributed by atoms with van der Waals surface area (Å²) in [4.78, 5) is 27.6. The van der Waals surface area contributed by atoms with Crippen LogP contribution in [0.2, 0.25) is 0 Å². The molecule has 3 rings (SSSR count). The fourth-order valence-electron chi connectivity index (χ4n) is 2.27. The average molecular weight is 376 g/mol. The van der Waals surface area contributed by atoms with Gasteiger partial charge in [-0.25, -0.2) is 0 Å². The van der Waals surface area contributed by atoms with E-state index in [0.29, 0.717) is 17.0 Å². The molecule has 0 radical (unpaired) electrons. The number of anilines is 1. The van der Waals surface area contributed by atoms with Gasteiger partial charge in [-0.05, 0) is 46.6 Å². The number of carbonyl (C=O) groups is 2. The van der Waals surface area contributed by atoms with Crippen molar-refractivity contribution in [1.29, 1.82) is 0 Å². The molecule has 6 nitrogen and oxygen atoms in total. The number of aromatic nitrogens is 1. The maximum atomic E-state index is 12.3. The summed E-state index contributed by atoms with van der Waals surface area (Å²) in [5.41, 5.74) is 1.95. The van der Waals surface area contributed by atoms with Crippen LogP contribution in [-0.2, 0) is 4.79 Å². The number of amides is 2. The molecule has 1 aliphatic rings. The maximum Gasteiger partial charge on any atom is 0.262 e. The fraction of sp³-hybridized carbons (Fsp3) is 0.188. The van der Waals surface area contributed by atoms with Crippen LogP contribution in [0.4, 0.5) is 5.69 Å². The van der Waals surface area contributed by atoms with Crippen molar-refractivity contribution in [3.05, 3.63) is 52.3 Å². The standard InChI is InChI=1S/C16H14BrN3O3/c1-9(19-16(22)11-4-12(17)7-18-6-11)10-2-3-14-13(5-10)20-15(21)8-23-14/h2-7,9H,8H2,1H3,(H,19,22)(H,20,21)/t9-/m1/s1. The number of nitrogens with zero attached hydrogens (tertiary/aromatic N) is 1. The van der Waals surface area contributed by atoms with Gasteiger partial charge < -0.3 is 15.4 Å². The molecule has 23 heavy (non-hydrogen) atoms. The van der Waals surface area contributed by atoms with Crippen LogP contribution in [0.1, 0.15) is 28.9 Å². The summed E-state index contributed by atoms with van der Waals surface area (Å²) in [7, 11) is 0. The highest BCUT2D eigenvalue weighted by Gasteiger charge is 2.18. The second-order valence-corrected chi connectivity index (χ2v) is 6.10. The van der Waals surface area contributed by atoms with Gasteiger partial charge in [0, 0.05) is 16.9 Å². The predicted octanol–water partition coefficient (Wildman–Crippen LogP) is 2.67. The number of ether oxygens (including phenoxy) is 1. The second-order valence-electron chi connectivity index (χ2n) is 5.18. The molecule has 1 aliphatic heterocycles. The Hall–Kier alpha value is -2.41. The molecule has 2 amide bonds. The van der Waals surface area contributed by atoms with Crippen molar-refractivity contribution in [2.24, 2.45) is 0 Å². The van der Waals surface area contributed by atoms with Crippen LogP contribution in [0.3, 0.4) is 0 Å². The quantitative estimate of drug-likeness (QED) is 0.863. The van der Waals surface area contributed by atoms with Gasteiger partial charge in [0.25, 0.3) is 11.8 Å². The third-order valence-corrected chi connectivity index (χ3v) is 3.88. The van der Waals surface area contributed by atoms with E-state index in [1.165, 1.54) is 6.20 Å². The Balaban J connectivity index is 1.75. The lowest BCUT2D eigenvalue weighted by Crippen LogP contribution is -2.28. The van der Waals surface area contributed by atoms with Crippen molar-refractivity contribution in [3.8, 4) is 5.75 Å². The molecule has 1 aromatic heterocycles. The van der Waals surface area contributed by atoms with Crippen LogP contribution < -0.4 is 15.4 Å². The molecule has 2 aromatic rings. The van der Waals surface area contributed by atoms with Crippen LogP contribution in [0.25, 0.3) is 0 Å². The summed E-state index contributed by atoms with van der Waals surface area (Å²) >= 11 is 3.29. The van der Waals surface area contributed by atoms with Crippen LogP contribution >= 0.6 is 15.9 Å². The van der Waals surface area contributed by atoms with Crippen molar-refractivity contribution in [2.45, 2.75) is 13.0 Å². The van der Waals surface area contributed by atoms with E-state index in [2.05, 4.69) is 31.5 Å². The Bertz CT molecular complexity index is 779. The minimum absolute atomic E-state index is 0.0223. The molecule has 7 heteroatoms. The van der Waals surface area contributed by atoms with Gasteiger partial charge in [-0.1, -0.05) is 6.07 Å². The van der Waals surface area contributed by atoms with Gasteiger partial charge >= 0.3 is 0 Å². The summed E-state index contributed by atoms with van der Waals surface area (Å²) in [6.45, 7) is 1.89. The van der Waals surface area contributed by atoms with E-state index >= 15 is 0 Å². The number of halogens is 1. The van der Waals surface area contributed by atoms with E-state index in [1.807, 2.05) is 13.0 Å². The molecule has 2 heterocycles. The Morgan fingerprint density at radius 3 is 3.00 bits per heavy atom. The molecule has 1 aromatic carbocycles. The average Bonchev–Trinajstić information content (AvgIpc) is 2.54. The third-order valence-electron chi connectivity index (χ3n) is 3.45. The molecule has 118 valence electrons. The van der Waals surface area contributed by atoms with Crippen LogP contribution in [0.15, 0.2) is 41.1 Å². The first-order valence-corrected chi connectivity index (χ1v) is 7.80. The monoisotopic (exact) mass is 375 g/mol. The molecule has 0 bridgehead atoms. The van der Waals surface area contributed by atoms with Crippen molar-refractivity contribution in [2.75, 3.05) is 11.9 Å². The van der Waals surface area contributed by atoms with E-state index in [1.54, 1.807) is 24.4 Å². The zero-order valence-electron chi connectivity index (χ0n) is 12.3. The third kappa shape index (κ3) is 3.50. The lowest BCUT2D eigenvalue weighted by molar-refractivity contribution is -0.118. The van der Waals surface area contributed by atoms with Gasteiger partial charge in [0.1, 0.15) is 5.75 Å². The molecule has 1 atom stereocenters. The number of hydrogen-bond acceptors (Lipinski definition) is 4. The first kappa shape index (κ1) is 15.5. The lowest BCUT2D eigenvalue weighted by Gasteiger charge is -2.21. The van der Waals surface area contributed by atoms with Gasteiger partial charge in [0.15, 0.2) is 6.61 Å². The van der Waals surface area contributed by atoms with E-state index < -0.39 is 0 Å². The molecular weight excluding hydrogens is 362 g/mol. The zero-order chi connectivity index (χ0) is 16.4. The molecule has 0 unspecified atom stereocenters. The number of carbonyl (C=O) groups excluding carboxylic acids is 2. The number of hydrogen-bond donors (Lipinski definition) is 2. The van der Waals surface area contributed by atoms with E-state index in [4.69, 9.17) is 4.74 Å². The van der Waals surface area contributed by atoms with Gasteiger partial charge in [-0.3, -0.25) is 14.6 Å². The highest BCUT2D eigenvalue weighted by Crippen LogP contribution is 2.30. The smallest absolute Gasteiger partial charge is 0.262 e. The van der Waals surface area contributed by atoms with Gasteiger partial charge in [0.2, 0.25) is 0 Å². The summed E-state index contributed by atoms with van der Waals surface area (Å²) in [5.74, 6) is 0.221. The number of pyridine rings is 1. The molecule has 2 N–H and O–H groups in total. The summed E-state index contributed by atoms with van der Waals surface area (Å²) in [6.07, 6.45) is 3.13. The highest BCUT2D eigenvalue weighted by molar-refractivity contribution is 9.10. The summed E-state index contributed by atoms with van der Waals surface area (Å²) in [5, 5.41) is 5.66. The van der Waals surface area contributed by atoms with Crippen LogP contribution in [0, 0.1) is 0 Å². The van der Waals surface area contributed by atoms with Crippen molar-refractivity contribution in [1.82, 2.24) is 10.3 Å². The Morgan fingerprint density at radius 2 is 2.22 bits per heavy atom. The van der Waals surface area contributed by atoms with E-state index in [0.717, 1.165) is 10.0 Å². The molecule has 0 aliphatic carbocycles. The Morgan fingerprint density at radius 1 is 1.39 bits per heavy atom.